The Labute approximate surface area is 153 Å². The van der Waals surface area contributed by atoms with E-state index in [9.17, 15) is 13.4 Å². The number of nitrogens with zero attached hydrogens (tertiary/aromatic N) is 5. The van der Waals surface area contributed by atoms with Crippen molar-refractivity contribution < 1.29 is 8.60 Å². The molecule has 4 rings (SSSR count). The summed E-state index contributed by atoms with van der Waals surface area (Å²) in [6.45, 7) is 3.68. The van der Waals surface area contributed by atoms with Gasteiger partial charge in [0.15, 0.2) is 11.5 Å². The summed E-state index contributed by atoms with van der Waals surface area (Å²) >= 11 is 1.81. The molecular weight excluding hydrogens is 448 g/mol. The minimum Gasteiger partial charge on any atom is -0.349 e. The van der Waals surface area contributed by atoms with Crippen molar-refractivity contribution in [2.75, 3.05) is 37.3 Å². The molecule has 0 amide bonds. The molecule has 2 unspecified atom stereocenters. The van der Waals surface area contributed by atoms with Crippen LogP contribution in [0.15, 0.2) is 9.69 Å². The summed E-state index contributed by atoms with van der Waals surface area (Å²) in [5.41, 5.74) is 0.0187. The summed E-state index contributed by atoms with van der Waals surface area (Å²) in [5, 5.41) is 0.400. The Kier molecular flexibility index (Phi) is 3.88. The molecule has 0 bridgehead atoms. The summed E-state index contributed by atoms with van der Waals surface area (Å²) in [5.74, 6) is 0.159. The molecule has 4 heterocycles. The highest BCUT2D eigenvalue weighted by molar-refractivity contribution is 14.1. The van der Waals surface area contributed by atoms with Crippen molar-refractivity contribution >= 4 is 50.5 Å². The van der Waals surface area contributed by atoms with Crippen molar-refractivity contribution in [1.82, 2.24) is 17.6 Å². The lowest BCUT2D eigenvalue weighted by molar-refractivity contribution is 0.276. The van der Waals surface area contributed by atoms with Gasteiger partial charge in [-0.05, 0) is 14.0 Å². The number of hydrogen-bond acceptors (Lipinski definition) is 6. The van der Waals surface area contributed by atoms with Crippen LogP contribution in [0.5, 0.6) is 0 Å². The molecule has 1 fully saturated rings. The van der Waals surface area contributed by atoms with E-state index in [2.05, 4.69) is 14.9 Å². The molecule has 2 aliphatic heterocycles. The highest BCUT2D eigenvalue weighted by Gasteiger charge is 2.36. The fourth-order valence-electron chi connectivity index (χ4n) is 3.38. The van der Waals surface area contributed by atoms with Crippen molar-refractivity contribution in [3.63, 3.8) is 0 Å². The first-order chi connectivity index (χ1) is 11.4. The number of piperazine rings is 1. The molecule has 7 nitrogen and oxygen atoms in total. The van der Waals surface area contributed by atoms with Crippen LogP contribution in [0.25, 0.3) is 11.0 Å². The van der Waals surface area contributed by atoms with Crippen LogP contribution in [0.2, 0.25) is 0 Å². The molecule has 24 heavy (non-hydrogen) atoms. The average Bonchev–Trinajstić information content (AvgIpc) is 2.64. The van der Waals surface area contributed by atoms with Crippen molar-refractivity contribution in [1.29, 1.82) is 0 Å². The Bertz CT molecular complexity index is 949. The van der Waals surface area contributed by atoms with E-state index in [0.29, 0.717) is 35.7 Å². The molecule has 128 valence electrons. The monoisotopic (exact) mass is 463 g/mol. The molecule has 0 aromatic carbocycles. The van der Waals surface area contributed by atoms with E-state index in [1.807, 2.05) is 11.9 Å². The predicted molar refractivity (Wildman–Crippen MR) is 97.8 cm³/mol. The van der Waals surface area contributed by atoms with Gasteiger partial charge in [-0.1, -0.05) is 0 Å². The molecule has 1 saturated heterocycles. The zero-order chi connectivity index (χ0) is 17.2. The molecule has 0 saturated carbocycles. The third kappa shape index (κ3) is 2.30. The molecule has 0 radical (unpaired) electrons. The van der Waals surface area contributed by atoms with E-state index >= 15 is 0 Å². The molecule has 2 aromatic rings. The van der Waals surface area contributed by atoms with Gasteiger partial charge in [0, 0.05) is 19.6 Å². The van der Waals surface area contributed by atoms with E-state index in [1.54, 1.807) is 22.9 Å². The van der Waals surface area contributed by atoms with Crippen molar-refractivity contribution in [2.45, 2.75) is 17.9 Å². The number of aromatic nitrogens is 3. The van der Waals surface area contributed by atoms with Crippen LogP contribution < -0.4 is 10.6 Å². The van der Waals surface area contributed by atoms with E-state index in [0.717, 1.165) is 6.54 Å². The van der Waals surface area contributed by atoms with Gasteiger partial charge in [0.25, 0.3) is 0 Å². The summed E-state index contributed by atoms with van der Waals surface area (Å²) in [7, 11) is 0.478. The maximum absolute atomic E-state index is 14.8. The zero-order valence-electron chi connectivity index (χ0n) is 13.1. The Balaban J connectivity index is 2.12. The maximum atomic E-state index is 14.8. The number of likely N-dealkylation sites (N-methyl/N-ethyl adjacent to an activating group) is 1. The van der Waals surface area contributed by atoms with Crippen LogP contribution in [0.3, 0.4) is 0 Å². The Hall–Kier alpha value is -1.14. The van der Waals surface area contributed by atoms with Crippen molar-refractivity contribution in [2.24, 2.45) is 0 Å². The van der Waals surface area contributed by atoms with Gasteiger partial charge in [0.05, 0.1) is 61.4 Å². The third-order valence-electron chi connectivity index (χ3n) is 4.55. The summed E-state index contributed by atoms with van der Waals surface area (Å²) in [6, 6.07) is -0.0724. The van der Waals surface area contributed by atoms with E-state index in [1.165, 1.54) is 9.70 Å². The summed E-state index contributed by atoms with van der Waals surface area (Å²) in [4.78, 5) is 24.9. The first-order valence-corrected chi connectivity index (χ1v) is 9.79. The van der Waals surface area contributed by atoms with Crippen molar-refractivity contribution in [3.8, 4) is 0 Å². The summed E-state index contributed by atoms with van der Waals surface area (Å²) in [6.07, 6.45) is 0. The molecule has 2 aliphatic rings. The SMILES string of the molecule is Cc1nc2c3c(nc(=O)n2I)N2CCN(C)CC2CS(=O)c3c1F. The fourth-order valence-corrected chi connectivity index (χ4v) is 5.39. The van der Waals surface area contributed by atoms with E-state index < -0.39 is 22.3 Å². The largest absolute Gasteiger partial charge is 0.360 e. The van der Waals surface area contributed by atoms with E-state index in [-0.39, 0.29) is 16.6 Å². The molecule has 2 aromatic heterocycles. The highest BCUT2D eigenvalue weighted by Crippen LogP contribution is 2.36. The lowest BCUT2D eigenvalue weighted by Crippen LogP contribution is -2.54. The molecule has 0 N–H and O–H groups in total. The number of rotatable bonds is 0. The summed E-state index contributed by atoms with van der Waals surface area (Å²) < 4.78 is 28.9. The molecule has 10 heteroatoms. The smallest absolute Gasteiger partial charge is 0.349 e. The van der Waals surface area contributed by atoms with E-state index in [4.69, 9.17) is 0 Å². The van der Waals surface area contributed by atoms with Gasteiger partial charge < -0.3 is 9.80 Å². The zero-order valence-corrected chi connectivity index (χ0v) is 16.1. The molecule has 2 atom stereocenters. The van der Waals surface area contributed by atoms with Gasteiger partial charge in [-0.25, -0.2) is 16.9 Å². The Morgan fingerprint density at radius 2 is 2.08 bits per heavy atom. The molecule has 0 spiro atoms. The maximum Gasteiger partial charge on any atom is 0.360 e. The number of fused-ring (bicyclic) bond motifs is 2. The highest BCUT2D eigenvalue weighted by atomic mass is 127. The van der Waals surface area contributed by atoms with Crippen LogP contribution in [0.4, 0.5) is 10.2 Å². The lowest BCUT2D eigenvalue weighted by atomic mass is 10.1. The number of halogens is 2. The van der Waals surface area contributed by atoms with Gasteiger partial charge in [-0.15, -0.1) is 0 Å². The number of hydrogen-bond donors (Lipinski definition) is 0. The van der Waals surface area contributed by atoms with Crippen LogP contribution in [-0.4, -0.2) is 60.3 Å². The van der Waals surface area contributed by atoms with Crippen molar-refractivity contribution in [3.05, 3.63) is 22.0 Å². The molecule has 0 aliphatic carbocycles. The van der Waals surface area contributed by atoms with Crippen LogP contribution in [-0.2, 0) is 10.8 Å². The number of pyridine rings is 1. The second-order valence-electron chi connectivity index (χ2n) is 6.16. The number of anilines is 1. The fraction of sp³-hybridized carbons (Fsp3) is 0.500. The average molecular weight is 463 g/mol. The van der Waals surface area contributed by atoms with Crippen LogP contribution >= 0.6 is 22.9 Å². The number of aryl methyl sites for hydroxylation is 1. The van der Waals surface area contributed by atoms with Crippen LogP contribution in [0, 0.1) is 12.7 Å². The van der Waals surface area contributed by atoms with Gasteiger partial charge >= 0.3 is 5.69 Å². The standard InChI is InChI=1S/C14H15FIN5O2S/c1-7-10(15)11-9-12(18-14(22)21(16)13(9)17-7)20-4-3-19(2)5-8(20)6-24(11)23/h8H,3-6H2,1-2H3. The van der Waals surface area contributed by atoms with Gasteiger partial charge in [0.1, 0.15) is 5.82 Å². The minimum atomic E-state index is -1.52. The quantitative estimate of drug-likeness (QED) is 0.536. The minimum absolute atomic E-state index is 0.0724. The normalized spacial score (nSPS) is 24.1. The Morgan fingerprint density at radius 3 is 2.83 bits per heavy atom. The molecular formula is C14H15FIN5O2S. The predicted octanol–water partition coefficient (Wildman–Crippen LogP) is 0.679. The third-order valence-corrected chi connectivity index (χ3v) is 6.95. The topological polar surface area (TPSA) is 71.3 Å². The van der Waals surface area contributed by atoms with Gasteiger partial charge in [0.2, 0.25) is 0 Å². The first kappa shape index (κ1) is 16.3. The second-order valence-corrected chi connectivity index (χ2v) is 8.56. The second kappa shape index (κ2) is 5.70. The first-order valence-electron chi connectivity index (χ1n) is 7.51. The van der Waals surface area contributed by atoms with Gasteiger partial charge in [-0.3, -0.25) is 4.21 Å². The van der Waals surface area contributed by atoms with Crippen LogP contribution in [0.1, 0.15) is 5.69 Å². The lowest BCUT2D eigenvalue weighted by Gasteiger charge is -2.39. The van der Waals surface area contributed by atoms with Gasteiger partial charge in [-0.2, -0.15) is 4.98 Å². The Morgan fingerprint density at radius 1 is 1.33 bits per heavy atom.